The third kappa shape index (κ3) is 3.42. The highest BCUT2D eigenvalue weighted by molar-refractivity contribution is 7.80. The lowest BCUT2D eigenvalue weighted by atomic mass is 10.3. The maximum Gasteiger partial charge on any atom is 0.474 e. The highest BCUT2D eigenvalue weighted by Gasteiger charge is 2.14. The van der Waals surface area contributed by atoms with Gasteiger partial charge in [0.25, 0.3) is 0 Å². The van der Waals surface area contributed by atoms with Crippen molar-refractivity contribution in [1.29, 1.82) is 0 Å². The van der Waals surface area contributed by atoms with E-state index in [1.807, 2.05) is 0 Å². The minimum absolute atomic E-state index is 0.285. The molecule has 0 saturated heterocycles. The summed E-state index contributed by atoms with van der Waals surface area (Å²) in [5.41, 5.74) is 0. The van der Waals surface area contributed by atoms with Gasteiger partial charge in [0.05, 0.1) is 0 Å². The van der Waals surface area contributed by atoms with E-state index in [0.717, 1.165) is 0 Å². The van der Waals surface area contributed by atoms with Crippen LogP contribution in [0.5, 0.6) is 5.75 Å². The number of hydrogen-bond donors (Lipinski definition) is 1. The maximum atomic E-state index is 10.5. The van der Waals surface area contributed by atoms with Gasteiger partial charge in [0.1, 0.15) is 5.75 Å². The molecule has 0 aliphatic carbocycles. The minimum Gasteiger partial charge on any atom is -0.413 e. The average Bonchev–Trinajstić information content (AvgIpc) is 1.85. The van der Waals surface area contributed by atoms with Crippen LogP contribution >= 0.6 is 18.2 Å². The van der Waals surface area contributed by atoms with Crippen LogP contribution in [-0.4, -0.2) is 4.89 Å². The molecule has 11 heavy (non-hydrogen) atoms. The lowest BCUT2D eigenvalue weighted by molar-refractivity contribution is 0.401. The molecule has 0 aliphatic rings. The second-order valence-corrected chi connectivity index (χ2v) is 4.22. The van der Waals surface area contributed by atoms with Crippen molar-refractivity contribution in [2.75, 3.05) is 0 Å². The molecule has 1 unspecified atom stereocenters. The summed E-state index contributed by atoms with van der Waals surface area (Å²) in [5.74, 6) is 0.285. The highest BCUT2D eigenvalue weighted by Crippen LogP contribution is 2.47. The summed E-state index contributed by atoms with van der Waals surface area (Å²) in [6.45, 7) is -3.92. The van der Waals surface area contributed by atoms with Crippen molar-refractivity contribution in [2.24, 2.45) is 0 Å². The van der Waals surface area contributed by atoms with Crippen molar-refractivity contribution in [1.82, 2.24) is 0 Å². The molecule has 1 aromatic carbocycles. The van der Waals surface area contributed by atoms with Crippen molar-refractivity contribution in [3.05, 3.63) is 30.3 Å². The molecular weight excluding hydrogens is 186 g/mol. The van der Waals surface area contributed by atoms with Crippen LogP contribution < -0.4 is 4.52 Å². The first-order valence-corrected chi connectivity index (χ1v) is 5.33. The first-order chi connectivity index (χ1) is 5.08. The van der Waals surface area contributed by atoms with Crippen LogP contribution in [0, 0.1) is 0 Å². The fraction of sp³-hybridized carbons (Fsp3) is 0. The number of para-hydroxylation sites is 1. The Morgan fingerprint density at radius 1 is 1.36 bits per heavy atom. The van der Waals surface area contributed by atoms with E-state index in [-0.39, 0.29) is 5.75 Å². The highest BCUT2D eigenvalue weighted by atomic mass is 35.7. The van der Waals surface area contributed by atoms with Crippen LogP contribution in [-0.2, 0) is 4.57 Å². The molecule has 1 rings (SSSR count). The van der Waals surface area contributed by atoms with Crippen molar-refractivity contribution < 1.29 is 14.0 Å². The summed E-state index contributed by atoms with van der Waals surface area (Å²) in [4.78, 5) is 8.57. The fourth-order valence-corrected chi connectivity index (χ4v) is 1.23. The average molecular weight is 193 g/mol. The normalized spacial score (nSPS) is 15.5. The Labute approximate surface area is 68.9 Å². The Hall–Kier alpha value is -0.500. The molecule has 0 spiro atoms. The predicted octanol–water partition coefficient (Wildman–Crippen LogP) is 2.40. The topological polar surface area (TPSA) is 46.5 Å². The Morgan fingerprint density at radius 2 is 1.91 bits per heavy atom. The van der Waals surface area contributed by atoms with Gasteiger partial charge in [-0.05, 0) is 12.1 Å². The summed E-state index contributed by atoms with van der Waals surface area (Å²) in [7, 11) is 0. The Morgan fingerprint density at radius 3 is 2.36 bits per heavy atom. The molecule has 1 aromatic rings. The van der Waals surface area contributed by atoms with Gasteiger partial charge in [-0.1, -0.05) is 18.2 Å². The van der Waals surface area contributed by atoms with Gasteiger partial charge in [-0.2, -0.15) is 0 Å². The zero-order valence-corrected chi connectivity index (χ0v) is 7.13. The van der Waals surface area contributed by atoms with Crippen molar-refractivity contribution in [3.8, 4) is 5.75 Å². The quantitative estimate of drug-likeness (QED) is 0.732. The largest absolute Gasteiger partial charge is 0.474 e. The molecule has 1 atom stereocenters. The summed E-state index contributed by atoms with van der Waals surface area (Å²) in [6, 6.07) is 8.23. The molecule has 0 heterocycles. The molecule has 3 nitrogen and oxygen atoms in total. The molecule has 0 radical (unpaired) electrons. The summed E-state index contributed by atoms with van der Waals surface area (Å²) >= 11 is 4.96. The van der Waals surface area contributed by atoms with Gasteiger partial charge in [-0.25, -0.2) is 4.57 Å². The minimum atomic E-state index is -3.92. The molecule has 1 N–H and O–H groups in total. The number of benzene rings is 1. The summed E-state index contributed by atoms with van der Waals surface area (Å²) < 4.78 is 15.0. The van der Waals surface area contributed by atoms with Gasteiger partial charge < -0.3 is 9.42 Å². The van der Waals surface area contributed by atoms with Crippen LogP contribution in [0.1, 0.15) is 0 Å². The van der Waals surface area contributed by atoms with Crippen LogP contribution in [0.25, 0.3) is 0 Å². The second kappa shape index (κ2) is 3.26. The maximum absolute atomic E-state index is 10.5. The summed E-state index contributed by atoms with van der Waals surface area (Å²) in [6.07, 6.45) is 0. The molecule has 0 saturated carbocycles. The van der Waals surface area contributed by atoms with Crippen molar-refractivity contribution in [3.63, 3.8) is 0 Å². The van der Waals surface area contributed by atoms with E-state index in [9.17, 15) is 4.57 Å². The Kier molecular flexibility index (Phi) is 2.55. The summed E-state index contributed by atoms with van der Waals surface area (Å²) in [5, 5.41) is 0. The van der Waals surface area contributed by atoms with E-state index < -0.39 is 6.95 Å². The van der Waals surface area contributed by atoms with E-state index >= 15 is 0 Å². The van der Waals surface area contributed by atoms with Gasteiger partial charge in [0.2, 0.25) is 0 Å². The van der Waals surface area contributed by atoms with Gasteiger partial charge in [0.15, 0.2) is 0 Å². The molecule has 0 aliphatic heterocycles. The van der Waals surface area contributed by atoms with Crippen LogP contribution in [0.3, 0.4) is 0 Å². The third-order valence-corrected chi connectivity index (χ3v) is 1.60. The lowest BCUT2D eigenvalue weighted by Gasteiger charge is -2.04. The Bertz CT molecular complexity index is 268. The third-order valence-electron chi connectivity index (χ3n) is 0.961. The van der Waals surface area contributed by atoms with E-state index in [4.69, 9.17) is 16.1 Å². The van der Waals surface area contributed by atoms with Gasteiger partial charge in [-0.3, -0.25) is 0 Å². The standard InChI is InChI=1S/C6H6ClO3P/c7-11(8,9)10-6-4-2-1-3-5-6/h1-5H,(H,8,9). The number of rotatable bonds is 2. The molecule has 60 valence electrons. The van der Waals surface area contributed by atoms with Crippen LogP contribution in [0.4, 0.5) is 0 Å². The monoisotopic (exact) mass is 192 g/mol. The molecule has 5 heteroatoms. The van der Waals surface area contributed by atoms with Crippen LogP contribution in [0.15, 0.2) is 30.3 Å². The first-order valence-electron chi connectivity index (χ1n) is 2.85. The van der Waals surface area contributed by atoms with Crippen LogP contribution in [0.2, 0.25) is 0 Å². The zero-order valence-electron chi connectivity index (χ0n) is 5.48. The Balaban J connectivity index is 2.74. The fourth-order valence-electron chi connectivity index (χ4n) is 0.611. The van der Waals surface area contributed by atoms with Crippen molar-refractivity contribution >= 4 is 18.2 Å². The predicted molar refractivity (Wildman–Crippen MR) is 42.7 cm³/mol. The van der Waals surface area contributed by atoms with E-state index in [0.29, 0.717) is 0 Å². The smallest absolute Gasteiger partial charge is 0.413 e. The van der Waals surface area contributed by atoms with E-state index in [2.05, 4.69) is 4.52 Å². The first kappa shape index (κ1) is 8.60. The second-order valence-electron chi connectivity index (χ2n) is 1.86. The lowest BCUT2D eigenvalue weighted by Crippen LogP contribution is -1.83. The molecular formula is C6H6ClO3P. The van der Waals surface area contributed by atoms with Gasteiger partial charge in [0, 0.05) is 11.2 Å². The van der Waals surface area contributed by atoms with Crippen molar-refractivity contribution in [2.45, 2.75) is 0 Å². The number of halogens is 1. The molecule has 0 bridgehead atoms. The van der Waals surface area contributed by atoms with E-state index in [1.165, 1.54) is 0 Å². The SMILES string of the molecule is O=P(O)(Cl)Oc1ccccc1. The molecule has 0 aromatic heterocycles. The number of hydrogen-bond acceptors (Lipinski definition) is 2. The molecule has 0 amide bonds. The zero-order chi connectivity index (χ0) is 8.32. The molecule has 0 fully saturated rings. The van der Waals surface area contributed by atoms with Gasteiger partial charge >= 0.3 is 6.95 Å². The van der Waals surface area contributed by atoms with Gasteiger partial charge in [-0.15, -0.1) is 0 Å². The van der Waals surface area contributed by atoms with E-state index in [1.54, 1.807) is 30.3 Å².